The van der Waals surface area contributed by atoms with Crippen LogP contribution < -0.4 is 5.32 Å². The number of nitrogens with one attached hydrogen (secondary N) is 1. The molecule has 1 heterocycles. The molecule has 1 aliphatic rings. The summed E-state index contributed by atoms with van der Waals surface area (Å²) < 4.78 is 1.73. The quantitative estimate of drug-likeness (QED) is 0.938. The van der Waals surface area contributed by atoms with E-state index in [4.69, 9.17) is 0 Å². The fourth-order valence-corrected chi connectivity index (χ4v) is 3.21. The van der Waals surface area contributed by atoms with Gasteiger partial charge in [-0.1, -0.05) is 51.0 Å². The van der Waals surface area contributed by atoms with Crippen LogP contribution in [0.2, 0.25) is 0 Å². The number of carbonyl (C=O) groups is 1. The van der Waals surface area contributed by atoms with Crippen LogP contribution in [-0.2, 0) is 5.41 Å². The van der Waals surface area contributed by atoms with E-state index in [2.05, 4.69) is 48.5 Å². The molecular formula is C19H26N4O. The third-order valence-corrected chi connectivity index (χ3v) is 4.78. The van der Waals surface area contributed by atoms with E-state index in [0.29, 0.717) is 5.69 Å². The van der Waals surface area contributed by atoms with E-state index in [-0.39, 0.29) is 17.4 Å². The molecule has 0 spiro atoms. The fraction of sp³-hybridized carbons (Fsp3) is 0.526. The zero-order chi connectivity index (χ0) is 17.3. The number of aromatic nitrogens is 3. The van der Waals surface area contributed by atoms with E-state index >= 15 is 0 Å². The molecule has 1 amide bonds. The van der Waals surface area contributed by atoms with Gasteiger partial charge in [0.1, 0.15) is 0 Å². The molecule has 1 N–H and O–H groups in total. The second-order valence-electron chi connectivity index (χ2n) is 7.69. The summed E-state index contributed by atoms with van der Waals surface area (Å²) in [4.78, 5) is 12.4. The molecule has 1 aromatic carbocycles. The zero-order valence-electron chi connectivity index (χ0n) is 15.0. The van der Waals surface area contributed by atoms with Crippen molar-refractivity contribution < 1.29 is 4.79 Å². The average molecular weight is 326 g/mol. The van der Waals surface area contributed by atoms with E-state index in [1.54, 1.807) is 4.68 Å². The Morgan fingerprint density at radius 1 is 1.17 bits per heavy atom. The summed E-state index contributed by atoms with van der Waals surface area (Å²) in [7, 11) is 0. The van der Waals surface area contributed by atoms with Crippen LogP contribution >= 0.6 is 0 Å². The van der Waals surface area contributed by atoms with Gasteiger partial charge >= 0.3 is 0 Å². The molecule has 0 unspecified atom stereocenters. The monoisotopic (exact) mass is 326 g/mol. The van der Waals surface area contributed by atoms with Crippen molar-refractivity contribution in [1.29, 1.82) is 0 Å². The van der Waals surface area contributed by atoms with Gasteiger partial charge in [-0.2, -0.15) is 0 Å². The normalized spacial score (nSPS) is 15.7. The molecule has 24 heavy (non-hydrogen) atoms. The Labute approximate surface area is 143 Å². The molecule has 1 fully saturated rings. The predicted octanol–water partition coefficient (Wildman–Crippen LogP) is 3.55. The summed E-state index contributed by atoms with van der Waals surface area (Å²) in [5, 5.41) is 11.4. The summed E-state index contributed by atoms with van der Waals surface area (Å²) in [5.41, 5.74) is 3.49. The van der Waals surface area contributed by atoms with E-state index in [1.165, 1.54) is 18.4 Å². The average Bonchev–Trinajstić information content (AvgIpc) is 3.16. The standard InChI is InChI=1S/C19H26N4O/c1-13-17(18(24)20-15-7-5-6-8-15)21-22-23(13)16-11-9-14(10-12-16)19(2,3)4/h9-12,15H,5-8H2,1-4H3,(H,20,24). The highest BCUT2D eigenvalue weighted by atomic mass is 16.2. The van der Waals surface area contributed by atoms with Gasteiger partial charge in [0.15, 0.2) is 5.69 Å². The predicted molar refractivity (Wildman–Crippen MR) is 94.5 cm³/mol. The maximum atomic E-state index is 12.4. The summed E-state index contributed by atoms with van der Waals surface area (Å²) in [6.07, 6.45) is 4.51. The number of carbonyl (C=O) groups excluding carboxylic acids is 1. The van der Waals surface area contributed by atoms with Crippen LogP contribution in [0.3, 0.4) is 0 Å². The molecule has 0 radical (unpaired) electrons. The highest BCUT2D eigenvalue weighted by molar-refractivity contribution is 5.93. The Bertz CT molecular complexity index is 719. The number of hydrogen-bond donors (Lipinski definition) is 1. The first kappa shape index (κ1) is 16.7. The molecular weight excluding hydrogens is 300 g/mol. The number of rotatable bonds is 3. The number of hydrogen-bond acceptors (Lipinski definition) is 3. The van der Waals surface area contributed by atoms with Crippen molar-refractivity contribution in [2.45, 2.75) is 64.8 Å². The molecule has 0 aliphatic heterocycles. The smallest absolute Gasteiger partial charge is 0.273 e. The van der Waals surface area contributed by atoms with E-state index in [9.17, 15) is 4.79 Å². The van der Waals surface area contributed by atoms with Gasteiger partial charge in [0.2, 0.25) is 0 Å². The van der Waals surface area contributed by atoms with Crippen molar-refractivity contribution in [3.63, 3.8) is 0 Å². The lowest BCUT2D eigenvalue weighted by Gasteiger charge is -2.19. The minimum atomic E-state index is -0.114. The molecule has 0 bridgehead atoms. The lowest BCUT2D eigenvalue weighted by atomic mass is 9.87. The Morgan fingerprint density at radius 2 is 1.79 bits per heavy atom. The summed E-state index contributed by atoms with van der Waals surface area (Å²) in [6.45, 7) is 8.46. The van der Waals surface area contributed by atoms with Crippen molar-refractivity contribution in [3.8, 4) is 5.69 Å². The largest absolute Gasteiger partial charge is 0.348 e. The Morgan fingerprint density at radius 3 is 2.38 bits per heavy atom. The lowest BCUT2D eigenvalue weighted by molar-refractivity contribution is 0.0932. The molecule has 1 saturated carbocycles. The van der Waals surface area contributed by atoms with E-state index in [0.717, 1.165) is 24.2 Å². The highest BCUT2D eigenvalue weighted by Crippen LogP contribution is 2.24. The lowest BCUT2D eigenvalue weighted by Crippen LogP contribution is -2.33. The number of amides is 1. The van der Waals surface area contributed by atoms with Gasteiger partial charge < -0.3 is 5.32 Å². The van der Waals surface area contributed by atoms with Crippen LogP contribution in [0.15, 0.2) is 24.3 Å². The van der Waals surface area contributed by atoms with Crippen LogP contribution in [0.25, 0.3) is 5.69 Å². The molecule has 3 rings (SSSR count). The highest BCUT2D eigenvalue weighted by Gasteiger charge is 2.22. The summed E-state index contributed by atoms with van der Waals surface area (Å²) >= 11 is 0. The van der Waals surface area contributed by atoms with Gasteiger partial charge in [0.25, 0.3) is 5.91 Å². The number of nitrogens with zero attached hydrogens (tertiary/aromatic N) is 3. The van der Waals surface area contributed by atoms with Crippen LogP contribution in [0.1, 0.15) is 68.2 Å². The third kappa shape index (κ3) is 3.35. The molecule has 1 aromatic heterocycles. The van der Waals surface area contributed by atoms with E-state index in [1.807, 2.05) is 19.1 Å². The van der Waals surface area contributed by atoms with Crippen molar-refractivity contribution in [2.75, 3.05) is 0 Å². The first-order valence-corrected chi connectivity index (χ1v) is 8.70. The molecule has 128 valence electrons. The van der Waals surface area contributed by atoms with Crippen LogP contribution in [0, 0.1) is 6.92 Å². The molecule has 1 aliphatic carbocycles. The van der Waals surface area contributed by atoms with Gasteiger partial charge in [-0.3, -0.25) is 4.79 Å². The second kappa shape index (κ2) is 6.38. The van der Waals surface area contributed by atoms with Gasteiger partial charge in [0, 0.05) is 6.04 Å². The topological polar surface area (TPSA) is 59.8 Å². The minimum absolute atomic E-state index is 0.113. The van der Waals surface area contributed by atoms with Crippen molar-refractivity contribution in [1.82, 2.24) is 20.3 Å². The Balaban J connectivity index is 1.80. The Kier molecular flexibility index (Phi) is 4.43. The van der Waals surface area contributed by atoms with Crippen molar-refractivity contribution in [3.05, 3.63) is 41.2 Å². The van der Waals surface area contributed by atoms with Crippen LogP contribution in [0.5, 0.6) is 0 Å². The second-order valence-corrected chi connectivity index (χ2v) is 7.69. The first-order chi connectivity index (χ1) is 11.4. The molecule has 0 atom stereocenters. The summed E-state index contributed by atoms with van der Waals surface area (Å²) in [6, 6.07) is 8.55. The third-order valence-electron chi connectivity index (χ3n) is 4.78. The minimum Gasteiger partial charge on any atom is -0.348 e. The maximum Gasteiger partial charge on any atom is 0.273 e. The van der Waals surface area contributed by atoms with Crippen LogP contribution in [-0.4, -0.2) is 26.9 Å². The van der Waals surface area contributed by atoms with Crippen molar-refractivity contribution >= 4 is 5.91 Å². The van der Waals surface area contributed by atoms with Gasteiger partial charge in [0.05, 0.1) is 11.4 Å². The zero-order valence-corrected chi connectivity index (χ0v) is 15.0. The van der Waals surface area contributed by atoms with Gasteiger partial charge in [-0.25, -0.2) is 4.68 Å². The number of benzene rings is 1. The molecule has 0 saturated heterocycles. The molecule has 5 nitrogen and oxygen atoms in total. The molecule has 2 aromatic rings. The van der Waals surface area contributed by atoms with Crippen LogP contribution in [0.4, 0.5) is 0 Å². The molecule has 5 heteroatoms. The summed E-state index contributed by atoms with van der Waals surface area (Å²) in [5.74, 6) is -0.114. The Hall–Kier alpha value is -2.17. The maximum absolute atomic E-state index is 12.4. The van der Waals surface area contributed by atoms with E-state index < -0.39 is 0 Å². The van der Waals surface area contributed by atoms with Crippen molar-refractivity contribution in [2.24, 2.45) is 0 Å². The van der Waals surface area contributed by atoms with Gasteiger partial charge in [-0.15, -0.1) is 5.10 Å². The SMILES string of the molecule is Cc1c(C(=O)NC2CCCC2)nnn1-c1ccc(C(C)(C)C)cc1. The first-order valence-electron chi connectivity index (χ1n) is 8.70. The fourth-order valence-electron chi connectivity index (χ4n) is 3.21. The van der Waals surface area contributed by atoms with Gasteiger partial charge in [-0.05, 0) is 42.9 Å².